The topological polar surface area (TPSA) is 54.4 Å². The summed E-state index contributed by atoms with van der Waals surface area (Å²) in [4.78, 5) is 24.5. The van der Waals surface area contributed by atoms with Crippen molar-refractivity contribution in [2.45, 2.75) is 46.1 Å². The standard InChI is InChI=1S/C16H20O3/c1-9-4-10(17)5-13-12-6-11(18)7-15(12,2)8-14(19)16(9,13)3/h4,6,10,13,17H,5,7-8H2,1-3H3/t10-,13?,15+,16-/m0/s1. The van der Waals surface area contributed by atoms with Crippen molar-refractivity contribution in [3.8, 4) is 0 Å². The maximum absolute atomic E-state index is 12.7. The number of aliphatic hydroxyl groups excluding tert-OH is 1. The van der Waals surface area contributed by atoms with E-state index in [1.165, 1.54) is 0 Å². The smallest absolute Gasteiger partial charge is 0.156 e. The van der Waals surface area contributed by atoms with Gasteiger partial charge in [-0.3, -0.25) is 9.59 Å². The number of carbonyl (C=O) groups excluding carboxylic acids is 2. The lowest BCUT2D eigenvalue weighted by atomic mass is 9.51. The third-order valence-corrected chi connectivity index (χ3v) is 5.52. The largest absolute Gasteiger partial charge is 0.389 e. The second-order valence-electron chi connectivity index (χ2n) is 6.81. The Bertz CT molecular complexity index is 542. The van der Waals surface area contributed by atoms with Crippen molar-refractivity contribution in [3.05, 3.63) is 23.3 Å². The van der Waals surface area contributed by atoms with Gasteiger partial charge in [0.05, 0.1) is 11.5 Å². The lowest BCUT2D eigenvalue weighted by Crippen LogP contribution is -2.50. The van der Waals surface area contributed by atoms with Crippen LogP contribution in [-0.4, -0.2) is 22.8 Å². The van der Waals surface area contributed by atoms with E-state index in [9.17, 15) is 14.7 Å². The summed E-state index contributed by atoms with van der Waals surface area (Å²) in [5, 5.41) is 9.99. The number of allylic oxidation sites excluding steroid dienone is 3. The van der Waals surface area contributed by atoms with Crippen LogP contribution >= 0.6 is 0 Å². The fourth-order valence-electron chi connectivity index (χ4n) is 4.24. The van der Waals surface area contributed by atoms with Crippen LogP contribution in [0.2, 0.25) is 0 Å². The first-order valence-electron chi connectivity index (χ1n) is 6.92. The molecule has 3 rings (SSSR count). The summed E-state index contributed by atoms with van der Waals surface area (Å²) in [6, 6.07) is 0. The molecule has 0 aromatic rings. The Kier molecular flexibility index (Phi) is 2.47. The number of rotatable bonds is 0. The van der Waals surface area contributed by atoms with Crippen molar-refractivity contribution >= 4 is 11.6 Å². The highest BCUT2D eigenvalue weighted by atomic mass is 16.3. The van der Waals surface area contributed by atoms with Gasteiger partial charge in [-0.2, -0.15) is 0 Å². The van der Waals surface area contributed by atoms with Crippen LogP contribution in [0.5, 0.6) is 0 Å². The lowest BCUT2D eigenvalue weighted by molar-refractivity contribution is -0.134. The van der Waals surface area contributed by atoms with Gasteiger partial charge in [0.1, 0.15) is 5.78 Å². The van der Waals surface area contributed by atoms with Crippen LogP contribution in [0.3, 0.4) is 0 Å². The fraction of sp³-hybridized carbons (Fsp3) is 0.625. The molecule has 1 saturated carbocycles. The van der Waals surface area contributed by atoms with Gasteiger partial charge in [-0.05, 0) is 32.3 Å². The maximum atomic E-state index is 12.7. The lowest BCUT2D eigenvalue weighted by Gasteiger charge is -2.51. The number of hydrogen-bond donors (Lipinski definition) is 1. The van der Waals surface area contributed by atoms with Gasteiger partial charge in [0.15, 0.2) is 5.78 Å². The van der Waals surface area contributed by atoms with Gasteiger partial charge in [-0.15, -0.1) is 0 Å². The molecule has 0 spiro atoms. The third-order valence-electron chi connectivity index (χ3n) is 5.52. The molecule has 0 aliphatic heterocycles. The minimum Gasteiger partial charge on any atom is -0.389 e. The molecule has 0 aromatic heterocycles. The summed E-state index contributed by atoms with van der Waals surface area (Å²) in [6.07, 6.45) is 4.46. The molecule has 3 heteroatoms. The maximum Gasteiger partial charge on any atom is 0.156 e. The Morgan fingerprint density at radius 1 is 1.26 bits per heavy atom. The molecule has 0 heterocycles. The van der Waals surface area contributed by atoms with E-state index < -0.39 is 11.5 Å². The summed E-state index contributed by atoms with van der Waals surface area (Å²) in [6.45, 7) is 5.91. The summed E-state index contributed by atoms with van der Waals surface area (Å²) >= 11 is 0. The second-order valence-corrected chi connectivity index (χ2v) is 6.81. The molecule has 1 N–H and O–H groups in total. The van der Waals surface area contributed by atoms with Crippen LogP contribution in [0, 0.1) is 16.7 Å². The Morgan fingerprint density at radius 2 is 1.95 bits per heavy atom. The third kappa shape index (κ3) is 1.54. The van der Waals surface area contributed by atoms with Crippen LogP contribution in [-0.2, 0) is 9.59 Å². The molecular formula is C16H20O3. The zero-order valence-corrected chi connectivity index (χ0v) is 11.7. The summed E-state index contributed by atoms with van der Waals surface area (Å²) in [5.41, 5.74) is 1.19. The zero-order chi connectivity index (χ0) is 14.0. The van der Waals surface area contributed by atoms with E-state index in [-0.39, 0.29) is 22.9 Å². The molecule has 1 fully saturated rings. The van der Waals surface area contributed by atoms with Gasteiger partial charge in [0, 0.05) is 18.3 Å². The average Bonchev–Trinajstić information content (AvgIpc) is 2.57. The van der Waals surface area contributed by atoms with Gasteiger partial charge in [-0.1, -0.05) is 24.1 Å². The van der Waals surface area contributed by atoms with Gasteiger partial charge in [0.25, 0.3) is 0 Å². The van der Waals surface area contributed by atoms with Gasteiger partial charge in [0.2, 0.25) is 0 Å². The molecule has 0 radical (unpaired) electrons. The van der Waals surface area contributed by atoms with Crippen molar-refractivity contribution in [3.63, 3.8) is 0 Å². The van der Waals surface area contributed by atoms with Gasteiger partial charge >= 0.3 is 0 Å². The second kappa shape index (κ2) is 3.66. The van der Waals surface area contributed by atoms with E-state index in [1.54, 1.807) is 12.2 Å². The Labute approximate surface area is 113 Å². The molecule has 19 heavy (non-hydrogen) atoms. The molecule has 4 atom stereocenters. The number of aliphatic hydroxyl groups is 1. The predicted molar refractivity (Wildman–Crippen MR) is 71.4 cm³/mol. The highest BCUT2D eigenvalue weighted by Crippen LogP contribution is 2.59. The molecule has 3 aliphatic rings. The molecular weight excluding hydrogens is 240 g/mol. The molecule has 0 bridgehead atoms. The van der Waals surface area contributed by atoms with E-state index in [0.717, 1.165) is 11.1 Å². The molecule has 1 unspecified atom stereocenters. The minimum absolute atomic E-state index is 0.0230. The first-order valence-corrected chi connectivity index (χ1v) is 6.92. The first-order chi connectivity index (χ1) is 8.77. The molecule has 102 valence electrons. The Balaban J connectivity index is 2.16. The van der Waals surface area contributed by atoms with Crippen LogP contribution < -0.4 is 0 Å². The first kappa shape index (κ1) is 12.8. The average molecular weight is 260 g/mol. The van der Waals surface area contributed by atoms with Gasteiger partial charge in [-0.25, -0.2) is 0 Å². The van der Waals surface area contributed by atoms with E-state index in [1.807, 2.05) is 20.8 Å². The van der Waals surface area contributed by atoms with E-state index in [0.29, 0.717) is 19.3 Å². The van der Waals surface area contributed by atoms with E-state index >= 15 is 0 Å². The van der Waals surface area contributed by atoms with Crippen molar-refractivity contribution in [2.75, 3.05) is 0 Å². The summed E-state index contributed by atoms with van der Waals surface area (Å²) in [5.74, 6) is 0.314. The predicted octanol–water partition coefficient (Wildman–Crippen LogP) is 2.20. The van der Waals surface area contributed by atoms with Crippen molar-refractivity contribution in [1.29, 1.82) is 0 Å². The molecule has 3 aliphatic carbocycles. The Hall–Kier alpha value is -1.22. The van der Waals surface area contributed by atoms with Crippen LogP contribution in [0.15, 0.2) is 23.3 Å². The Morgan fingerprint density at radius 3 is 2.63 bits per heavy atom. The van der Waals surface area contributed by atoms with Crippen molar-refractivity contribution < 1.29 is 14.7 Å². The number of carbonyl (C=O) groups is 2. The molecule has 0 saturated heterocycles. The number of fused-ring (bicyclic) bond motifs is 3. The molecule has 0 aromatic carbocycles. The fourth-order valence-corrected chi connectivity index (χ4v) is 4.24. The number of hydrogen-bond acceptors (Lipinski definition) is 3. The minimum atomic E-state index is -0.533. The summed E-state index contributed by atoms with van der Waals surface area (Å²) < 4.78 is 0. The van der Waals surface area contributed by atoms with Crippen LogP contribution in [0.4, 0.5) is 0 Å². The number of ketones is 2. The van der Waals surface area contributed by atoms with E-state index in [2.05, 4.69) is 0 Å². The zero-order valence-electron chi connectivity index (χ0n) is 11.7. The number of Topliss-reactive ketones (excluding diaryl/α,β-unsaturated/α-hetero) is 1. The normalized spacial score (nSPS) is 45.5. The SMILES string of the molecule is CC1=C[C@H](O)CC2C3=CC(=O)C[C@]3(C)CC(=O)[C@@]12C. The highest BCUT2D eigenvalue weighted by molar-refractivity contribution is 5.99. The van der Waals surface area contributed by atoms with Crippen LogP contribution in [0.1, 0.15) is 40.0 Å². The van der Waals surface area contributed by atoms with Crippen molar-refractivity contribution in [2.24, 2.45) is 16.7 Å². The van der Waals surface area contributed by atoms with Crippen LogP contribution in [0.25, 0.3) is 0 Å². The monoisotopic (exact) mass is 260 g/mol. The molecule has 0 amide bonds. The van der Waals surface area contributed by atoms with Gasteiger partial charge < -0.3 is 5.11 Å². The quantitative estimate of drug-likeness (QED) is 0.679. The van der Waals surface area contributed by atoms with Crippen molar-refractivity contribution in [1.82, 2.24) is 0 Å². The molecule has 3 nitrogen and oxygen atoms in total. The van der Waals surface area contributed by atoms with E-state index in [4.69, 9.17) is 0 Å². The highest BCUT2D eigenvalue weighted by Gasteiger charge is 2.57. The summed E-state index contributed by atoms with van der Waals surface area (Å²) in [7, 11) is 0.